The van der Waals surface area contributed by atoms with Gasteiger partial charge in [-0.15, -0.1) is 0 Å². The minimum absolute atomic E-state index is 0.0808. The molecule has 1 aliphatic rings. The molecule has 1 aliphatic heterocycles. The van der Waals surface area contributed by atoms with Crippen LogP contribution in [0.4, 0.5) is 5.82 Å². The summed E-state index contributed by atoms with van der Waals surface area (Å²) in [7, 11) is 0. The lowest BCUT2D eigenvalue weighted by Gasteiger charge is -2.17. The quantitative estimate of drug-likeness (QED) is 0.838. The van der Waals surface area contributed by atoms with E-state index in [0.717, 1.165) is 31.0 Å². The maximum Gasteiger partial charge on any atom is 0.224 e. The van der Waals surface area contributed by atoms with Gasteiger partial charge in [0.2, 0.25) is 5.91 Å². The van der Waals surface area contributed by atoms with Gasteiger partial charge in [-0.1, -0.05) is 0 Å². The molecular weight excluding hydrogens is 216 g/mol. The van der Waals surface area contributed by atoms with Gasteiger partial charge in [-0.25, -0.2) is 4.98 Å². The van der Waals surface area contributed by atoms with Gasteiger partial charge >= 0.3 is 0 Å². The fraction of sp³-hybridized carbons (Fsp3) is 0.583. The largest absolute Gasteiger partial charge is 0.356 e. The van der Waals surface area contributed by atoms with Crippen LogP contribution in [0.25, 0.3) is 0 Å². The first-order chi connectivity index (χ1) is 8.20. The Morgan fingerprint density at radius 3 is 3.12 bits per heavy atom. The second-order valence-corrected chi connectivity index (χ2v) is 4.34. The number of nitrogens with zero attached hydrogens (tertiary/aromatic N) is 3. The Bertz CT molecular complexity index is 407. The molecule has 1 amide bonds. The van der Waals surface area contributed by atoms with Crippen LogP contribution in [0.3, 0.4) is 0 Å². The van der Waals surface area contributed by atoms with Crippen LogP contribution in [-0.4, -0.2) is 35.5 Å². The van der Waals surface area contributed by atoms with Gasteiger partial charge in [-0.3, -0.25) is 9.78 Å². The van der Waals surface area contributed by atoms with Crippen molar-refractivity contribution < 1.29 is 4.79 Å². The molecule has 1 saturated heterocycles. The third-order valence-electron chi connectivity index (χ3n) is 2.98. The highest BCUT2D eigenvalue weighted by Gasteiger charge is 2.28. The topological polar surface area (TPSA) is 58.1 Å². The highest BCUT2D eigenvalue weighted by Crippen LogP contribution is 2.21. The molecule has 0 radical (unpaired) electrons. The van der Waals surface area contributed by atoms with Crippen molar-refractivity contribution in [3.63, 3.8) is 0 Å². The molecule has 0 bridgehead atoms. The van der Waals surface area contributed by atoms with Crippen molar-refractivity contribution in [1.29, 1.82) is 0 Å². The summed E-state index contributed by atoms with van der Waals surface area (Å²) in [6, 6.07) is 0. The number of carbonyl (C=O) groups excluding carboxylic acids is 1. The molecule has 92 valence electrons. The van der Waals surface area contributed by atoms with Crippen molar-refractivity contribution in [2.75, 3.05) is 24.5 Å². The van der Waals surface area contributed by atoms with Gasteiger partial charge in [0.05, 0.1) is 17.8 Å². The summed E-state index contributed by atoms with van der Waals surface area (Å²) in [5.74, 6) is 1.10. The van der Waals surface area contributed by atoms with E-state index in [1.54, 1.807) is 12.4 Å². The van der Waals surface area contributed by atoms with Gasteiger partial charge in [0.25, 0.3) is 0 Å². The van der Waals surface area contributed by atoms with Crippen molar-refractivity contribution in [2.45, 2.75) is 20.3 Å². The van der Waals surface area contributed by atoms with Crippen LogP contribution in [0.1, 0.15) is 19.0 Å². The second kappa shape index (κ2) is 5.12. The lowest BCUT2D eigenvalue weighted by atomic mass is 10.1. The van der Waals surface area contributed by atoms with E-state index in [0.29, 0.717) is 6.54 Å². The zero-order valence-electron chi connectivity index (χ0n) is 10.3. The molecule has 0 saturated carbocycles. The number of amides is 1. The molecule has 1 fully saturated rings. The van der Waals surface area contributed by atoms with E-state index in [-0.39, 0.29) is 11.8 Å². The number of aryl methyl sites for hydroxylation is 1. The predicted octanol–water partition coefficient (Wildman–Crippen LogP) is 0.747. The van der Waals surface area contributed by atoms with Gasteiger partial charge in [0.15, 0.2) is 0 Å². The van der Waals surface area contributed by atoms with Crippen molar-refractivity contribution in [3.05, 3.63) is 18.1 Å². The van der Waals surface area contributed by atoms with E-state index in [9.17, 15) is 4.79 Å². The molecule has 5 nitrogen and oxygen atoms in total. The Morgan fingerprint density at radius 2 is 2.41 bits per heavy atom. The van der Waals surface area contributed by atoms with E-state index in [1.165, 1.54) is 0 Å². The summed E-state index contributed by atoms with van der Waals surface area (Å²) in [4.78, 5) is 22.4. The summed E-state index contributed by atoms with van der Waals surface area (Å²) in [5.41, 5.74) is 0.906. The smallest absolute Gasteiger partial charge is 0.224 e. The number of anilines is 1. The second-order valence-electron chi connectivity index (χ2n) is 4.34. The molecule has 1 aromatic heterocycles. The van der Waals surface area contributed by atoms with E-state index in [4.69, 9.17) is 0 Å². The Balaban J connectivity index is 2.00. The summed E-state index contributed by atoms with van der Waals surface area (Å²) in [6.45, 7) is 6.17. The van der Waals surface area contributed by atoms with Gasteiger partial charge < -0.3 is 10.2 Å². The monoisotopic (exact) mass is 234 g/mol. The molecule has 1 unspecified atom stereocenters. The number of nitrogens with one attached hydrogen (secondary N) is 1. The standard InChI is InChI=1S/C12H18N4O/c1-3-14-12(17)10-4-5-16(8-10)11-7-13-6-9(2)15-11/h6-7,10H,3-5,8H2,1-2H3,(H,14,17). The average Bonchev–Trinajstić information content (AvgIpc) is 2.78. The first-order valence-corrected chi connectivity index (χ1v) is 6.02. The van der Waals surface area contributed by atoms with E-state index >= 15 is 0 Å². The summed E-state index contributed by atoms with van der Waals surface area (Å²) >= 11 is 0. The van der Waals surface area contributed by atoms with Crippen molar-refractivity contribution in [2.24, 2.45) is 5.92 Å². The number of aromatic nitrogens is 2. The molecular formula is C12H18N4O. The minimum Gasteiger partial charge on any atom is -0.356 e. The number of rotatable bonds is 3. The van der Waals surface area contributed by atoms with Crippen LogP contribution in [0.5, 0.6) is 0 Å². The maximum atomic E-state index is 11.7. The van der Waals surface area contributed by atoms with E-state index in [1.807, 2.05) is 13.8 Å². The fourth-order valence-corrected chi connectivity index (χ4v) is 2.10. The van der Waals surface area contributed by atoms with Gasteiger partial charge in [-0.2, -0.15) is 0 Å². The van der Waals surface area contributed by atoms with Crippen LogP contribution < -0.4 is 10.2 Å². The Hall–Kier alpha value is -1.65. The van der Waals surface area contributed by atoms with Crippen LogP contribution >= 0.6 is 0 Å². The molecule has 2 heterocycles. The van der Waals surface area contributed by atoms with Crippen molar-refractivity contribution in [3.8, 4) is 0 Å². The molecule has 17 heavy (non-hydrogen) atoms. The van der Waals surface area contributed by atoms with Crippen LogP contribution in [0, 0.1) is 12.8 Å². The molecule has 0 aliphatic carbocycles. The molecule has 1 aromatic rings. The van der Waals surface area contributed by atoms with E-state index in [2.05, 4.69) is 20.2 Å². The zero-order valence-corrected chi connectivity index (χ0v) is 10.3. The lowest BCUT2D eigenvalue weighted by molar-refractivity contribution is -0.124. The van der Waals surface area contributed by atoms with Crippen LogP contribution in [0.2, 0.25) is 0 Å². The van der Waals surface area contributed by atoms with Gasteiger partial charge in [-0.05, 0) is 20.3 Å². The Labute approximate surface area is 101 Å². The SMILES string of the molecule is CCNC(=O)C1CCN(c2cncc(C)n2)C1. The Kier molecular flexibility index (Phi) is 3.56. The average molecular weight is 234 g/mol. The molecule has 0 spiro atoms. The summed E-state index contributed by atoms with van der Waals surface area (Å²) < 4.78 is 0. The molecule has 2 rings (SSSR count). The zero-order chi connectivity index (χ0) is 12.3. The highest BCUT2D eigenvalue weighted by atomic mass is 16.1. The van der Waals surface area contributed by atoms with Crippen LogP contribution in [-0.2, 0) is 4.79 Å². The predicted molar refractivity (Wildman–Crippen MR) is 65.8 cm³/mol. The molecule has 1 N–H and O–H groups in total. The third-order valence-corrected chi connectivity index (χ3v) is 2.98. The normalized spacial score (nSPS) is 19.4. The Morgan fingerprint density at radius 1 is 1.59 bits per heavy atom. The molecule has 1 atom stereocenters. The first kappa shape index (κ1) is 11.8. The highest BCUT2D eigenvalue weighted by molar-refractivity contribution is 5.79. The number of hydrogen-bond acceptors (Lipinski definition) is 4. The number of carbonyl (C=O) groups is 1. The van der Waals surface area contributed by atoms with Gasteiger partial charge in [0, 0.05) is 25.8 Å². The number of hydrogen-bond donors (Lipinski definition) is 1. The van der Waals surface area contributed by atoms with E-state index < -0.39 is 0 Å². The first-order valence-electron chi connectivity index (χ1n) is 6.02. The summed E-state index contributed by atoms with van der Waals surface area (Å²) in [5, 5.41) is 2.87. The van der Waals surface area contributed by atoms with Gasteiger partial charge in [0.1, 0.15) is 5.82 Å². The maximum absolute atomic E-state index is 11.7. The minimum atomic E-state index is 0.0808. The van der Waals surface area contributed by atoms with Crippen LogP contribution in [0.15, 0.2) is 12.4 Å². The van der Waals surface area contributed by atoms with Crippen molar-refractivity contribution >= 4 is 11.7 Å². The lowest BCUT2D eigenvalue weighted by Crippen LogP contribution is -2.32. The van der Waals surface area contributed by atoms with Crippen molar-refractivity contribution in [1.82, 2.24) is 15.3 Å². The fourth-order valence-electron chi connectivity index (χ4n) is 2.10. The summed E-state index contributed by atoms with van der Waals surface area (Å²) in [6.07, 6.45) is 4.38. The molecule has 5 heteroatoms. The molecule has 0 aromatic carbocycles. The third kappa shape index (κ3) is 2.72.